The van der Waals surface area contributed by atoms with Crippen LogP contribution in [-0.2, 0) is 4.74 Å². The van der Waals surface area contributed by atoms with E-state index in [9.17, 15) is 4.79 Å². The minimum atomic E-state index is -0.495. The van der Waals surface area contributed by atoms with E-state index >= 15 is 0 Å². The quantitative estimate of drug-likeness (QED) is 0.820. The lowest BCUT2D eigenvalue weighted by Gasteiger charge is -2.18. The van der Waals surface area contributed by atoms with Crippen molar-refractivity contribution in [3.8, 4) is 11.8 Å². The molecule has 1 N–H and O–H groups in total. The number of amides is 1. The van der Waals surface area contributed by atoms with E-state index in [0.29, 0.717) is 0 Å². The van der Waals surface area contributed by atoms with Crippen LogP contribution in [-0.4, -0.2) is 23.2 Å². The van der Waals surface area contributed by atoms with Crippen LogP contribution in [0.2, 0.25) is 0 Å². The van der Waals surface area contributed by atoms with Gasteiger partial charge in [-0.05, 0) is 38.8 Å². The summed E-state index contributed by atoms with van der Waals surface area (Å²) in [7, 11) is 0. The monoisotopic (exact) mass is 288 g/mol. The number of hydrogen-bond acceptors (Lipinski definition) is 4. The lowest BCUT2D eigenvalue weighted by atomic mass is 10.2. The number of nitrogens with zero attached hydrogens (tertiary/aromatic N) is 1. The minimum absolute atomic E-state index is 0.241. The first-order valence-corrected chi connectivity index (χ1v) is 7.07. The number of aromatic nitrogens is 1. The summed E-state index contributed by atoms with van der Waals surface area (Å²) >= 11 is 1.54. The van der Waals surface area contributed by atoms with Crippen LogP contribution in [0, 0.1) is 11.8 Å². The molecule has 0 aliphatic rings. The largest absolute Gasteiger partial charge is 0.444 e. The molecule has 0 fully saturated rings. The standard InChI is InChI=1S/C15H16N2O2S/c1-15(2,3)19-14(18)16-10-6-9-13-17-11-7-4-5-8-12(11)20-13/h4-5,7-8H,10H2,1-3H3,(H,16,18). The molecule has 104 valence electrons. The van der Waals surface area contributed by atoms with Gasteiger partial charge in [-0.1, -0.05) is 18.1 Å². The smallest absolute Gasteiger partial charge is 0.408 e. The number of fused-ring (bicyclic) bond motifs is 1. The summed E-state index contributed by atoms with van der Waals surface area (Å²) in [6.07, 6.45) is -0.462. The average Bonchev–Trinajstić information content (AvgIpc) is 2.75. The number of hydrogen-bond donors (Lipinski definition) is 1. The fourth-order valence-corrected chi connectivity index (χ4v) is 2.32. The van der Waals surface area contributed by atoms with Gasteiger partial charge in [-0.25, -0.2) is 9.78 Å². The Bertz CT molecular complexity index is 641. The first-order valence-electron chi connectivity index (χ1n) is 6.25. The second kappa shape index (κ2) is 5.93. The van der Waals surface area contributed by atoms with Crippen LogP contribution < -0.4 is 5.32 Å². The summed E-state index contributed by atoms with van der Waals surface area (Å²) in [6.45, 7) is 5.70. The Morgan fingerprint density at radius 1 is 1.40 bits per heavy atom. The molecule has 20 heavy (non-hydrogen) atoms. The van der Waals surface area contributed by atoms with Crippen molar-refractivity contribution < 1.29 is 9.53 Å². The van der Waals surface area contributed by atoms with Gasteiger partial charge in [-0.2, -0.15) is 0 Å². The average molecular weight is 288 g/mol. The third kappa shape index (κ3) is 4.25. The third-order valence-corrected chi connectivity index (χ3v) is 3.16. The van der Waals surface area contributed by atoms with Gasteiger partial charge >= 0.3 is 6.09 Å². The van der Waals surface area contributed by atoms with Gasteiger partial charge in [0.15, 0.2) is 5.01 Å². The molecule has 0 saturated heterocycles. The maximum absolute atomic E-state index is 11.4. The summed E-state index contributed by atoms with van der Waals surface area (Å²) in [5, 5.41) is 3.33. The van der Waals surface area contributed by atoms with Crippen LogP contribution in [0.25, 0.3) is 10.2 Å². The molecule has 0 aliphatic carbocycles. The van der Waals surface area contributed by atoms with Crippen LogP contribution >= 0.6 is 11.3 Å². The van der Waals surface area contributed by atoms with E-state index in [1.807, 2.05) is 45.0 Å². The van der Waals surface area contributed by atoms with Crippen molar-refractivity contribution in [1.82, 2.24) is 10.3 Å². The number of carbonyl (C=O) groups is 1. The van der Waals surface area contributed by atoms with E-state index in [0.717, 1.165) is 15.2 Å². The number of benzene rings is 1. The highest BCUT2D eigenvalue weighted by Gasteiger charge is 2.14. The summed E-state index contributed by atoms with van der Waals surface area (Å²) in [6, 6.07) is 7.89. The van der Waals surface area contributed by atoms with Gasteiger partial charge in [-0.3, -0.25) is 0 Å². The maximum atomic E-state index is 11.4. The highest BCUT2D eigenvalue weighted by atomic mass is 32.1. The number of rotatable bonds is 1. The Hall–Kier alpha value is -2.06. The van der Waals surface area contributed by atoms with Crippen LogP contribution in [0.1, 0.15) is 25.8 Å². The molecule has 5 heteroatoms. The molecule has 1 aromatic carbocycles. The number of ether oxygens (including phenoxy) is 1. The molecule has 0 spiro atoms. The van der Waals surface area contributed by atoms with Crippen LogP contribution in [0.15, 0.2) is 24.3 Å². The van der Waals surface area contributed by atoms with Crippen LogP contribution in [0.3, 0.4) is 0 Å². The highest BCUT2D eigenvalue weighted by molar-refractivity contribution is 7.19. The Labute approximate surface area is 122 Å². The number of thiazole rings is 1. The second-order valence-corrected chi connectivity index (χ2v) is 6.17. The van der Waals surface area contributed by atoms with Gasteiger partial charge in [-0.15, -0.1) is 11.3 Å². The van der Waals surface area contributed by atoms with Crippen molar-refractivity contribution in [2.45, 2.75) is 26.4 Å². The van der Waals surface area contributed by atoms with Gasteiger partial charge in [0.05, 0.1) is 16.8 Å². The molecule has 0 saturated carbocycles. The molecule has 1 aromatic heterocycles. The molecule has 0 bridgehead atoms. The number of alkyl carbamates (subject to hydrolysis) is 1. The second-order valence-electron chi connectivity index (χ2n) is 5.14. The van der Waals surface area contributed by atoms with Gasteiger partial charge in [0, 0.05) is 0 Å². The topological polar surface area (TPSA) is 51.2 Å². The van der Waals surface area contributed by atoms with Crippen molar-refractivity contribution in [2.75, 3.05) is 6.54 Å². The van der Waals surface area contributed by atoms with Gasteiger partial charge < -0.3 is 10.1 Å². The van der Waals surface area contributed by atoms with E-state index in [-0.39, 0.29) is 6.54 Å². The van der Waals surface area contributed by atoms with Crippen LogP contribution in [0.5, 0.6) is 0 Å². The predicted molar refractivity (Wildman–Crippen MR) is 80.7 cm³/mol. The Kier molecular flexibility index (Phi) is 4.26. The van der Waals surface area contributed by atoms with Crippen molar-refractivity contribution in [1.29, 1.82) is 0 Å². The fourth-order valence-electron chi connectivity index (χ4n) is 1.48. The molecule has 4 nitrogen and oxygen atoms in total. The minimum Gasteiger partial charge on any atom is -0.444 e. The summed E-state index contributed by atoms with van der Waals surface area (Å²) in [4.78, 5) is 15.8. The highest BCUT2D eigenvalue weighted by Crippen LogP contribution is 2.20. The van der Waals surface area contributed by atoms with Gasteiger partial charge in [0.25, 0.3) is 0 Å². The zero-order valence-electron chi connectivity index (χ0n) is 11.7. The molecular formula is C15H16N2O2S. The van der Waals surface area contributed by atoms with E-state index in [2.05, 4.69) is 22.1 Å². The summed E-state index contributed by atoms with van der Waals surface area (Å²) in [5.41, 5.74) is 0.451. The van der Waals surface area contributed by atoms with E-state index in [1.165, 1.54) is 11.3 Å². The first kappa shape index (κ1) is 14.4. The van der Waals surface area contributed by atoms with Crippen LogP contribution in [0.4, 0.5) is 4.79 Å². The van der Waals surface area contributed by atoms with Crippen molar-refractivity contribution in [3.05, 3.63) is 29.3 Å². The zero-order chi connectivity index (χ0) is 14.6. The summed E-state index contributed by atoms with van der Waals surface area (Å²) < 4.78 is 6.22. The summed E-state index contributed by atoms with van der Waals surface area (Å²) in [5.74, 6) is 5.80. The molecule has 1 heterocycles. The molecule has 0 unspecified atom stereocenters. The number of para-hydroxylation sites is 1. The Morgan fingerprint density at radius 2 is 2.15 bits per heavy atom. The molecule has 0 radical (unpaired) electrons. The first-order chi connectivity index (χ1) is 9.44. The molecular weight excluding hydrogens is 272 g/mol. The molecule has 2 rings (SSSR count). The van der Waals surface area contributed by atoms with Gasteiger partial charge in [0.1, 0.15) is 5.60 Å². The third-order valence-electron chi connectivity index (χ3n) is 2.21. The maximum Gasteiger partial charge on any atom is 0.408 e. The fraction of sp³-hybridized carbons (Fsp3) is 0.333. The van der Waals surface area contributed by atoms with Crippen molar-refractivity contribution in [2.24, 2.45) is 0 Å². The normalized spacial score (nSPS) is 10.8. The lowest BCUT2D eigenvalue weighted by Crippen LogP contribution is -2.32. The number of nitrogens with one attached hydrogen (secondary N) is 1. The molecule has 2 aromatic rings. The lowest BCUT2D eigenvalue weighted by molar-refractivity contribution is 0.0535. The van der Waals surface area contributed by atoms with Crippen molar-refractivity contribution in [3.63, 3.8) is 0 Å². The predicted octanol–water partition coefficient (Wildman–Crippen LogP) is 3.17. The van der Waals surface area contributed by atoms with Gasteiger partial charge in [0.2, 0.25) is 0 Å². The molecule has 0 atom stereocenters. The zero-order valence-corrected chi connectivity index (χ0v) is 12.5. The number of carbonyl (C=O) groups excluding carboxylic acids is 1. The van der Waals surface area contributed by atoms with E-state index in [1.54, 1.807) is 0 Å². The van der Waals surface area contributed by atoms with E-state index < -0.39 is 11.7 Å². The van der Waals surface area contributed by atoms with E-state index in [4.69, 9.17) is 4.74 Å². The Morgan fingerprint density at radius 3 is 2.85 bits per heavy atom. The van der Waals surface area contributed by atoms with Crippen molar-refractivity contribution >= 4 is 27.6 Å². The SMILES string of the molecule is CC(C)(C)OC(=O)NCC#Cc1nc2ccccc2s1. The molecule has 0 aliphatic heterocycles. The Balaban J connectivity index is 1.90. The molecule has 1 amide bonds.